The van der Waals surface area contributed by atoms with Crippen molar-refractivity contribution in [1.82, 2.24) is 0 Å². The number of rotatable bonds is 8. The summed E-state index contributed by atoms with van der Waals surface area (Å²) in [6, 6.07) is 11.6. The second-order valence-electron chi connectivity index (χ2n) is 7.13. The molecular formula is C22H28O4. The van der Waals surface area contributed by atoms with E-state index in [-0.39, 0.29) is 5.41 Å². The van der Waals surface area contributed by atoms with Gasteiger partial charge in [-0.1, -0.05) is 45.9 Å². The van der Waals surface area contributed by atoms with Crippen LogP contribution < -0.4 is 14.2 Å². The molecule has 0 N–H and O–H groups in total. The monoisotopic (exact) mass is 356 g/mol. The molecule has 0 aromatic heterocycles. The van der Waals surface area contributed by atoms with Crippen LogP contribution >= 0.6 is 0 Å². The number of hydrogen-bond donors (Lipinski definition) is 0. The Labute approximate surface area is 156 Å². The van der Waals surface area contributed by atoms with Gasteiger partial charge in [0.25, 0.3) is 0 Å². The number of ether oxygens (including phenoxy) is 3. The van der Waals surface area contributed by atoms with E-state index in [9.17, 15) is 4.79 Å². The molecule has 140 valence electrons. The van der Waals surface area contributed by atoms with Crippen molar-refractivity contribution in [3.8, 4) is 17.2 Å². The smallest absolute Gasteiger partial charge is 0.171 e. The Morgan fingerprint density at radius 2 is 1.73 bits per heavy atom. The third-order valence-electron chi connectivity index (χ3n) is 4.20. The normalized spacial score (nSPS) is 11.1. The Kier molecular flexibility index (Phi) is 6.67. The summed E-state index contributed by atoms with van der Waals surface area (Å²) in [7, 11) is 1.55. The van der Waals surface area contributed by atoms with Gasteiger partial charge in [0.15, 0.2) is 17.8 Å². The van der Waals surface area contributed by atoms with Crippen LogP contribution in [0.4, 0.5) is 0 Å². The Balaban J connectivity index is 2.06. The minimum absolute atomic E-state index is 0.00525. The Bertz CT molecular complexity index is 744. The SMILES string of the molecule is CCc1ccc(OCCOc2c(C=O)cccc2OC)c(C(C)(C)C)c1. The van der Waals surface area contributed by atoms with E-state index in [1.807, 2.05) is 6.07 Å². The van der Waals surface area contributed by atoms with Crippen LogP contribution in [0.3, 0.4) is 0 Å². The lowest BCUT2D eigenvalue weighted by molar-refractivity contribution is 0.111. The second kappa shape index (κ2) is 8.75. The highest BCUT2D eigenvalue weighted by molar-refractivity contribution is 5.81. The van der Waals surface area contributed by atoms with E-state index in [0.29, 0.717) is 30.3 Å². The molecule has 0 aliphatic heterocycles. The zero-order chi connectivity index (χ0) is 19.2. The van der Waals surface area contributed by atoms with E-state index in [0.717, 1.165) is 18.5 Å². The molecule has 0 bridgehead atoms. The van der Waals surface area contributed by atoms with Crippen LogP contribution in [0.1, 0.15) is 49.2 Å². The lowest BCUT2D eigenvalue weighted by atomic mass is 9.85. The molecule has 0 saturated heterocycles. The van der Waals surface area contributed by atoms with E-state index in [4.69, 9.17) is 14.2 Å². The highest BCUT2D eigenvalue weighted by atomic mass is 16.5. The molecule has 0 spiro atoms. The molecule has 0 fully saturated rings. The lowest BCUT2D eigenvalue weighted by Crippen LogP contribution is -2.16. The minimum Gasteiger partial charge on any atom is -0.493 e. The predicted molar refractivity (Wildman–Crippen MR) is 104 cm³/mol. The van der Waals surface area contributed by atoms with Crippen molar-refractivity contribution in [3.63, 3.8) is 0 Å². The Hall–Kier alpha value is -2.49. The van der Waals surface area contributed by atoms with Gasteiger partial charge in [0, 0.05) is 0 Å². The van der Waals surface area contributed by atoms with Crippen molar-refractivity contribution in [2.45, 2.75) is 39.5 Å². The zero-order valence-electron chi connectivity index (χ0n) is 16.3. The largest absolute Gasteiger partial charge is 0.493 e. The molecule has 0 amide bonds. The van der Waals surface area contributed by atoms with Crippen LogP contribution in [0.2, 0.25) is 0 Å². The lowest BCUT2D eigenvalue weighted by Gasteiger charge is -2.24. The van der Waals surface area contributed by atoms with E-state index in [2.05, 4.69) is 39.8 Å². The average Bonchev–Trinajstić information content (AvgIpc) is 2.64. The number of carbonyl (C=O) groups excluding carboxylic acids is 1. The number of hydrogen-bond acceptors (Lipinski definition) is 4. The molecule has 26 heavy (non-hydrogen) atoms. The third kappa shape index (κ3) is 4.78. The van der Waals surface area contributed by atoms with E-state index in [1.165, 1.54) is 11.1 Å². The van der Waals surface area contributed by atoms with Crippen LogP contribution in [0, 0.1) is 0 Å². The van der Waals surface area contributed by atoms with Crippen molar-refractivity contribution in [1.29, 1.82) is 0 Å². The molecule has 0 radical (unpaired) electrons. The first kappa shape index (κ1) is 19.8. The summed E-state index contributed by atoms with van der Waals surface area (Å²) in [5.74, 6) is 1.86. The fourth-order valence-electron chi connectivity index (χ4n) is 2.75. The van der Waals surface area contributed by atoms with E-state index in [1.54, 1.807) is 25.3 Å². The molecule has 4 nitrogen and oxygen atoms in total. The molecule has 2 rings (SSSR count). The highest BCUT2D eigenvalue weighted by Gasteiger charge is 2.19. The van der Waals surface area contributed by atoms with Gasteiger partial charge in [-0.25, -0.2) is 0 Å². The van der Waals surface area contributed by atoms with Gasteiger partial charge in [-0.05, 0) is 41.2 Å². The van der Waals surface area contributed by atoms with Crippen molar-refractivity contribution in [3.05, 3.63) is 53.1 Å². The van der Waals surface area contributed by atoms with E-state index < -0.39 is 0 Å². The summed E-state index contributed by atoms with van der Waals surface area (Å²) in [5.41, 5.74) is 2.94. The van der Waals surface area contributed by atoms with Gasteiger partial charge in [0.05, 0.1) is 12.7 Å². The number of aldehydes is 1. The maximum Gasteiger partial charge on any atom is 0.171 e. The molecule has 0 aliphatic rings. The molecule has 4 heteroatoms. The number of benzene rings is 2. The second-order valence-corrected chi connectivity index (χ2v) is 7.13. The topological polar surface area (TPSA) is 44.8 Å². The number of para-hydroxylation sites is 1. The van der Waals surface area contributed by atoms with Gasteiger partial charge < -0.3 is 14.2 Å². The molecule has 0 unspecified atom stereocenters. The van der Waals surface area contributed by atoms with E-state index >= 15 is 0 Å². The third-order valence-corrected chi connectivity index (χ3v) is 4.20. The zero-order valence-corrected chi connectivity index (χ0v) is 16.3. The Morgan fingerprint density at radius 1 is 1.00 bits per heavy atom. The average molecular weight is 356 g/mol. The van der Waals surface area contributed by atoms with Crippen LogP contribution in [0.5, 0.6) is 17.2 Å². The first-order valence-corrected chi connectivity index (χ1v) is 8.92. The predicted octanol–water partition coefficient (Wildman–Crippen LogP) is 4.83. The van der Waals surface area contributed by atoms with Gasteiger partial charge in [-0.2, -0.15) is 0 Å². The Morgan fingerprint density at radius 3 is 2.35 bits per heavy atom. The number of carbonyl (C=O) groups is 1. The van der Waals surface area contributed by atoms with Crippen molar-refractivity contribution in [2.24, 2.45) is 0 Å². The first-order chi connectivity index (χ1) is 12.4. The standard InChI is InChI=1S/C22H28O4/c1-6-16-10-11-19(18(14-16)22(2,3)4)25-12-13-26-21-17(15-23)8-7-9-20(21)24-5/h7-11,14-15H,6,12-13H2,1-5H3. The summed E-state index contributed by atoms with van der Waals surface area (Å²) in [6.07, 6.45) is 1.76. The van der Waals surface area contributed by atoms with Gasteiger partial charge in [0.2, 0.25) is 0 Å². The molecule has 0 heterocycles. The van der Waals surface area contributed by atoms with Crippen LogP contribution in [0.25, 0.3) is 0 Å². The van der Waals surface area contributed by atoms with Crippen molar-refractivity contribution < 1.29 is 19.0 Å². The summed E-state index contributed by atoms with van der Waals surface area (Å²) < 4.78 is 17.0. The molecule has 0 atom stereocenters. The van der Waals surface area contributed by atoms with Crippen LogP contribution in [-0.4, -0.2) is 26.6 Å². The number of methoxy groups -OCH3 is 1. The summed E-state index contributed by atoms with van der Waals surface area (Å²) in [5, 5.41) is 0. The van der Waals surface area contributed by atoms with Gasteiger partial charge in [-0.15, -0.1) is 0 Å². The molecule has 2 aromatic carbocycles. The molecule has 2 aromatic rings. The molecule has 0 saturated carbocycles. The van der Waals surface area contributed by atoms with Gasteiger partial charge in [-0.3, -0.25) is 4.79 Å². The van der Waals surface area contributed by atoms with Gasteiger partial charge in [0.1, 0.15) is 19.0 Å². The van der Waals surface area contributed by atoms with Gasteiger partial charge >= 0.3 is 0 Å². The molecule has 0 aliphatic carbocycles. The summed E-state index contributed by atoms with van der Waals surface area (Å²) in [6.45, 7) is 9.38. The quantitative estimate of drug-likeness (QED) is 0.502. The maximum absolute atomic E-state index is 11.2. The highest BCUT2D eigenvalue weighted by Crippen LogP contribution is 2.33. The summed E-state index contributed by atoms with van der Waals surface area (Å²) in [4.78, 5) is 11.2. The van der Waals surface area contributed by atoms with Crippen LogP contribution in [-0.2, 0) is 11.8 Å². The maximum atomic E-state index is 11.2. The first-order valence-electron chi connectivity index (χ1n) is 8.92. The van der Waals surface area contributed by atoms with Crippen LogP contribution in [0.15, 0.2) is 36.4 Å². The minimum atomic E-state index is -0.00525. The fraction of sp³-hybridized carbons (Fsp3) is 0.409. The fourth-order valence-corrected chi connectivity index (χ4v) is 2.75. The number of aryl methyl sites for hydroxylation is 1. The molecular weight excluding hydrogens is 328 g/mol. The summed E-state index contributed by atoms with van der Waals surface area (Å²) >= 11 is 0. The van der Waals surface area contributed by atoms with Crippen molar-refractivity contribution >= 4 is 6.29 Å². The van der Waals surface area contributed by atoms with Crippen molar-refractivity contribution in [2.75, 3.05) is 20.3 Å².